The van der Waals surface area contributed by atoms with Crippen LogP contribution in [0.3, 0.4) is 0 Å². The van der Waals surface area contributed by atoms with Crippen LogP contribution >= 0.6 is 0 Å². The van der Waals surface area contributed by atoms with Crippen molar-refractivity contribution in [2.24, 2.45) is 5.41 Å². The van der Waals surface area contributed by atoms with Gasteiger partial charge in [-0.25, -0.2) is 0 Å². The summed E-state index contributed by atoms with van der Waals surface area (Å²) in [5.41, 5.74) is 2.69. The van der Waals surface area contributed by atoms with Gasteiger partial charge in [-0.3, -0.25) is 4.79 Å². The van der Waals surface area contributed by atoms with E-state index in [1.807, 2.05) is 42.5 Å². The first-order chi connectivity index (χ1) is 14.9. The van der Waals surface area contributed by atoms with Gasteiger partial charge in [-0.05, 0) is 52.1 Å². The molecule has 0 saturated carbocycles. The Morgan fingerprint density at radius 3 is 2.45 bits per heavy atom. The molecule has 0 fully saturated rings. The number of hydrogen-bond acceptors (Lipinski definition) is 4. The van der Waals surface area contributed by atoms with Crippen LogP contribution in [-0.4, -0.2) is 20.0 Å². The van der Waals surface area contributed by atoms with Gasteiger partial charge in [0.1, 0.15) is 23.0 Å². The normalized spacial score (nSPS) is 19.5. The van der Waals surface area contributed by atoms with E-state index in [1.54, 1.807) is 14.2 Å². The summed E-state index contributed by atoms with van der Waals surface area (Å²) in [6, 6.07) is 18.1. The molecule has 158 valence electrons. The van der Waals surface area contributed by atoms with E-state index in [1.165, 1.54) is 0 Å². The molecule has 0 aromatic heterocycles. The van der Waals surface area contributed by atoms with E-state index in [9.17, 15) is 4.79 Å². The first-order valence-corrected chi connectivity index (χ1v) is 10.6. The summed E-state index contributed by atoms with van der Waals surface area (Å²) >= 11 is 0. The predicted octanol–water partition coefficient (Wildman–Crippen LogP) is 6.02. The Hall–Kier alpha value is -3.27. The van der Waals surface area contributed by atoms with Crippen LogP contribution < -0.4 is 14.2 Å². The molecule has 31 heavy (non-hydrogen) atoms. The maximum atomic E-state index is 13.5. The van der Waals surface area contributed by atoms with E-state index in [0.717, 1.165) is 56.9 Å². The van der Waals surface area contributed by atoms with Gasteiger partial charge < -0.3 is 14.2 Å². The second-order valence-corrected chi connectivity index (χ2v) is 9.15. The van der Waals surface area contributed by atoms with Gasteiger partial charge in [-0.2, -0.15) is 0 Å². The summed E-state index contributed by atoms with van der Waals surface area (Å²) < 4.78 is 17.4. The second-order valence-electron chi connectivity index (χ2n) is 9.15. The lowest BCUT2D eigenvalue weighted by molar-refractivity contribution is -0.118. The minimum atomic E-state index is -0.215. The van der Waals surface area contributed by atoms with Crippen molar-refractivity contribution in [1.82, 2.24) is 0 Å². The van der Waals surface area contributed by atoms with Gasteiger partial charge in [-0.1, -0.05) is 38.1 Å². The molecule has 3 aromatic carbocycles. The third-order valence-corrected chi connectivity index (χ3v) is 6.35. The standard InChI is InChI=1S/C27H26O4/c1-27(2)14-21(28)26-23(15-27)31-22-11-9-16-8-10-19(30-4)13-20(16)25(22)24(26)17-6-5-7-18(12-17)29-3/h5-13,24H,14-15H2,1-4H3. The number of carbonyl (C=O) groups is 1. The lowest BCUT2D eigenvalue weighted by atomic mass is 9.69. The zero-order valence-electron chi connectivity index (χ0n) is 18.3. The van der Waals surface area contributed by atoms with E-state index in [4.69, 9.17) is 14.2 Å². The number of rotatable bonds is 3. The number of ketones is 1. The monoisotopic (exact) mass is 414 g/mol. The first-order valence-electron chi connectivity index (χ1n) is 10.6. The van der Waals surface area contributed by atoms with Crippen LogP contribution in [0.2, 0.25) is 0 Å². The molecule has 4 heteroatoms. The zero-order valence-corrected chi connectivity index (χ0v) is 18.3. The molecule has 1 heterocycles. The number of carbonyl (C=O) groups excluding carboxylic acids is 1. The van der Waals surface area contributed by atoms with E-state index >= 15 is 0 Å². The van der Waals surface area contributed by atoms with Gasteiger partial charge in [0.05, 0.1) is 14.2 Å². The smallest absolute Gasteiger partial charge is 0.163 e. The van der Waals surface area contributed by atoms with Gasteiger partial charge in [0.2, 0.25) is 0 Å². The minimum absolute atomic E-state index is 0.119. The van der Waals surface area contributed by atoms with Crippen molar-refractivity contribution < 1.29 is 19.0 Å². The molecule has 0 N–H and O–H groups in total. The number of Topliss-reactive ketones (excluding diaryl/α,β-unsaturated/α-hetero) is 1. The summed E-state index contributed by atoms with van der Waals surface area (Å²) in [5.74, 6) is 3.09. The van der Waals surface area contributed by atoms with Crippen LogP contribution in [0.25, 0.3) is 10.8 Å². The number of fused-ring (bicyclic) bond motifs is 3. The Labute approximate surface area is 182 Å². The fourth-order valence-electron chi connectivity index (χ4n) is 4.94. The highest BCUT2D eigenvalue weighted by molar-refractivity contribution is 6.02. The molecule has 2 aliphatic rings. The molecule has 4 nitrogen and oxygen atoms in total. The van der Waals surface area contributed by atoms with E-state index in [0.29, 0.717) is 6.42 Å². The third kappa shape index (κ3) is 3.27. The van der Waals surface area contributed by atoms with Crippen molar-refractivity contribution in [2.45, 2.75) is 32.6 Å². The highest BCUT2D eigenvalue weighted by Crippen LogP contribution is 2.52. The number of methoxy groups -OCH3 is 2. The van der Waals surface area contributed by atoms with Crippen molar-refractivity contribution in [1.29, 1.82) is 0 Å². The van der Waals surface area contributed by atoms with Crippen molar-refractivity contribution in [3.8, 4) is 17.2 Å². The summed E-state index contributed by atoms with van der Waals surface area (Å²) in [6.07, 6.45) is 1.25. The average Bonchev–Trinajstić information content (AvgIpc) is 2.76. The highest BCUT2D eigenvalue weighted by atomic mass is 16.5. The molecular weight excluding hydrogens is 388 g/mol. The molecule has 0 saturated heterocycles. The predicted molar refractivity (Wildman–Crippen MR) is 121 cm³/mol. The van der Waals surface area contributed by atoms with Crippen LogP contribution in [0.4, 0.5) is 0 Å². The van der Waals surface area contributed by atoms with Crippen molar-refractivity contribution >= 4 is 16.6 Å². The summed E-state index contributed by atoms with van der Waals surface area (Å²) in [5, 5.41) is 2.12. The molecule has 0 radical (unpaired) electrons. The topological polar surface area (TPSA) is 44.8 Å². The molecule has 0 bridgehead atoms. The Morgan fingerprint density at radius 2 is 1.68 bits per heavy atom. The molecule has 1 unspecified atom stereocenters. The van der Waals surface area contributed by atoms with Crippen LogP contribution in [0, 0.1) is 5.41 Å². The Balaban J connectivity index is 1.82. The Morgan fingerprint density at radius 1 is 0.935 bits per heavy atom. The van der Waals surface area contributed by atoms with Crippen LogP contribution in [0.15, 0.2) is 65.9 Å². The van der Waals surface area contributed by atoms with Crippen LogP contribution in [0.5, 0.6) is 17.2 Å². The van der Waals surface area contributed by atoms with Gasteiger partial charge in [0.25, 0.3) is 0 Å². The first kappa shape index (κ1) is 19.7. The molecular formula is C27H26O4. The third-order valence-electron chi connectivity index (χ3n) is 6.35. The lowest BCUT2D eigenvalue weighted by Crippen LogP contribution is -2.33. The average molecular weight is 415 g/mol. The van der Waals surface area contributed by atoms with Crippen molar-refractivity contribution in [2.75, 3.05) is 14.2 Å². The Kier molecular flexibility index (Phi) is 4.54. The number of benzene rings is 3. The van der Waals surface area contributed by atoms with Gasteiger partial charge in [0, 0.05) is 29.9 Å². The largest absolute Gasteiger partial charge is 0.497 e. The number of allylic oxidation sites excluding steroid dienone is 2. The van der Waals surface area contributed by atoms with E-state index in [-0.39, 0.29) is 17.1 Å². The van der Waals surface area contributed by atoms with Crippen molar-refractivity contribution in [3.63, 3.8) is 0 Å². The molecule has 5 rings (SSSR count). The summed E-state index contributed by atoms with van der Waals surface area (Å²) in [7, 11) is 3.33. The minimum Gasteiger partial charge on any atom is -0.497 e. The molecule has 1 aliphatic heterocycles. The number of hydrogen-bond donors (Lipinski definition) is 0. The SMILES string of the molecule is COc1cccc(C2C3=C(CC(C)(C)CC3=O)Oc3ccc4ccc(OC)cc4c32)c1. The quantitative estimate of drug-likeness (QED) is 0.525. The fourth-order valence-corrected chi connectivity index (χ4v) is 4.94. The molecule has 1 atom stereocenters. The summed E-state index contributed by atoms with van der Waals surface area (Å²) in [6.45, 7) is 4.25. The Bertz CT molecular complexity index is 1240. The van der Waals surface area contributed by atoms with Gasteiger partial charge in [-0.15, -0.1) is 0 Å². The molecule has 0 spiro atoms. The van der Waals surface area contributed by atoms with E-state index < -0.39 is 0 Å². The van der Waals surface area contributed by atoms with Gasteiger partial charge >= 0.3 is 0 Å². The maximum absolute atomic E-state index is 13.5. The van der Waals surface area contributed by atoms with Crippen LogP contribution in [-0.2, 0) is 4.79 Å². The zero-order chi connectivity index (χ0) is 21.8. The van der Waals surface area contributed by atoms with E-state index in [2.05, 4.69) is 26.0 Å². The van der Waals surface area contributed by atoms with Crippen LogP contribution in [0.1, 0.15) is 43.7 Å². The van der Waals surface area contributed by atoms with Crippen molar-refractivity contribution in [3.05, 3.63) is 77.1 Å². The maximum Gasteiger partial charge on any atom is 0.163 e. The molecule has 0 amide bonds. The second kappa shape index (κ2) is 7.16. The highest BCUT2D eigenvalue weighted by Gasteiger charge is 2.42. The van der Waals surface area contributed by atoms with Gasteiger partial charge in [0.15, 0.2) is 5.78 Å². The lowest BCUT2D eigenvalue weighted by Gasteiger charge is -2.38. The molecule has 1 aliphatic carbocycles. The summed E-state index contributed by atoms with van der Waals surface area (Å²) in [4.78, 5) is 13.5. The molecule has 3 aromatic rings. The fraction of sp³-hybridized carbons (Fsp3) is 0.296. The number of ether oxygens (including phenoxy) is 3.